The number of aryl methyl sites for hydroxylation is 1. The molecule has 1 heteroatoms. The van der Waals surface area contributed by atoms with Crippen molar-refractivity contribution >= 4 is 18.2 Å². The van der Waals surface area contributed by atoms with E-state index in [0.29, 0.717) is 0 Å². The largest absolute Gasteiger partial charge is 0.193 e. The van der Waals surface area contributed by atoms with E-state index in [0.717, 1.165) is 17.5 Å². The van der Waals surface area contributed by atoms with Gasteiger partial charge in [0.25, 0.3) is 0 Å². The molecule has 0 bridgehead atoms. The van der Waals surface area contributed by atoms with Gasteiger partial charge in [0.05, 0.1) is 6.07 Å². The molecule has 0 amide bonds. The fraction of sp³-hybridized carbons (Fsp3) is 0.105. The van der Waals surface area contributed by atoms with Crippen LogP contribution in [0.25, 0.3) is 18.2 Å². The van der Waals surface area contributed by atoms with Crippen LogP contribution in [-0.2, 0) is 6.42 Å². The Labute approximate surface area is 120 Å². The maximum Gasteiger partial charge on any atom is 0.0912 e. The first-order valence-electron chi connectivity index (χ1n) is 6.76. The molecule has 98 valence electrons. The maximum absolute atomic E-state index is 8.74. The van der Waals surface area contributed by atoms with Crippen molar-refractivity contribution in [2.45, 2.75) is 13.3 Å². The Hall–Kier alpha value is -2.59. The van der Waals surface area contributed by atoms with Crippen LogP contribution < -0.4 is 0 Å². The molecular formula is C19H17N. The first-order chi connectivity index (χ1) is 9.85. The van der Waals surface area contributed by atoms with Crippen molar-refractivity contribution < 1.29 is 0 Å². The third-order valence-electron chi connectivity index (χ3n) is 3.19. The van der Waals surface area contributed by atoms with Gasteiger partial charge in [-0.15, -0.1) is 0 Å². The molecule has 0 aromatic heterocycles. The molecule has 0 aliphatic rings. The Kier molecular flexibility index (Phi) is 4.92. The zero-order chi connectivity index (χ0) is 14.2. The summed E-state index contributed by atoms with van der Waals surface area (Å²) in [4.78, 5) is 0. The van der Waals surface area contributed by atoms with E-state index in [1.54, 1.807) is 0 Å². The molecule has 0 fully saturated rings. The van der Waals surface area contributed by atoms with Crippen LogP contribution in [0.3, 0.4) is 0 Å². The highest BCUT2D eigenvalue weighted by Gasteiger charge is 2.01. The van der Waals surface area contributed by atoms with Crippen molar-refractivity contribution in [2.75, 3.05) is 0 Å². The second-order valence-corrected chi connectivity index (χ2v) is 4.48. The SMILES string of the molecule is CCc1cccc(C=Cc2ccccc2)c1C=CC#N. The second kappa shape index (κ2) is 7.11. The molecule has 0 atom stereocenters. The lowest BCUT2D eigenvalue weighted by atomic mass is 9.98. The van der Waals surface area contributed by atoms with E-state index in [-0.39, 0.29) is 0 Å². The highest BCUT2D eigenvalue weighted by atomic mass is 14.2. The molecular weight excluding hydrogens is 242 g/mol. The maximum atomic E-state index is 8.74. The van der Waals surface area contributed by atoms with E-state index in [1.807, 2.05) is 24.3 Å². The zero-order valence-electron chi connectivity index (χ0n) is 11.6. The summed E-state index contributed by atoms with van der Waals surface area (Å²) >= 11 is 0. The van der Waals surface area contributed by atoms with Crippen molar-refractivity contribution in [3.05, 3.63) is 76.9 Å². The lowest BCUT2D eigenvalue weighted by molar-refractivity contribution is 1.13. The number of nitriles is 1. The van der Waals surface area contributed by atoms with E-state index in [2.05, 4.69) is 55.5 Å². The summed E-state index contributed by atoms with van der Waals surface area (Å²) in [5.74, 6) is 0. The fourth-order valence-electron chi connectivity index (χ4n) is 2.16. The lowest BCUT2D eigenvalue weighted by Crippen LogP contribution is -1.89. The standard InChI is InChI=1S/C19H17N/c1-2-17-10-6-11-18(19(17)12-7-15-20)14-13-16-8-4-3-5-9-16/h3-14H,2H2,1H3. The van der Waals surface area contributed by atoms with Gasteiger partial charge >= 0.3 is 0 Å². The topological polar surface area (TPSA) is 23.8 Å². The minimum absolute atomic E-state index is 0.956. The molecule has 2 aromatic carbocycles. The van der Waals surface area contributed by atoms with Crippen LogP contribution in [-0.4, -0.2) is 0 Å². The third-order valence-corrected chi connectivity index (χ3v) is 3.19. The van der Waals surface area contributed by atoms with Gasteiger partial charge in [-0.3, -0.25) is 0 Å². The number of hydrogen-bond donors (Lipinski definition) is 0. The minimum atomic E-state index is 0.956. The average Bonchev–Trinajstić information content (AvgIpc) is 2.52. The van der Waals surface area contributed by atoms with Gasteiger partial charge in [-0.05, 0) is 34.8 Å². The fourth-order valence-corrected chi connectivity index (χ4v) is 2.16. The molecule has 0 aliphatic carbocycles. The number of nitrogens with zero attached hydrogens (tertiary/aromatic N) is 1. The van der Waals surface area contributed by atoms with Crippen molar-refractivity contribution in [1.29, 1.82) is 5.26 Å². The molecule has 0 unspecified atom stereocenters. The minimum Gasteiger partial charge on any atom is -0.193 e. The lowest BCUT2D eigenvalue weighted by Gasteiger charge is -2.07. The number of benzene rings is 2. The third kappa shape index (κ3) is 3.46. The molecule has 2 aromatic rings. The van der Waals surface area contributed by atoms with E-state index in [4.69, 9.17) is 5.26 Å². The number of rotatable bonds is 4. The van der Waals surface area contributed by atoms with E-state index in [1.165, 1.54) is 17.2 Å². The van der Waals surface area contributed by atoms with E-state index in [9.17, 15) is 0 Å². The Morgan fingerprint density at radius 3 is 2.45 bits per heavy atom. The van der Waals surface area contributed by atoms with Crippen LogP contribution in [0.15, 0.2) is 54.6 Å². The zero-order valence-corrected chi connectivity index (χ0v) is 11.6. The quantitative estimate of drug-likeness (QED) is 0.562. The van der Waals surface area contributed by atoms with Gasteiger partial charge in [-0.25, -0.2) is 0 Å². The molecule has 0 radical (unpaired) electrons. The number of hydrogen-bond acceptors (Lipinski definition) is 1. The van der Waals surface area contributed by atoms with Gasteiger partial charge in [0.1, 0.15) is 0 Å². The van der Waals surface area contributed by atoms with Crippen LogP contribution in [0.5, 0.6) is 0 Å². The molecule has 0 heterocycles. The van der Waals surface area contributed by atoms with Crippen LogP contribution in [0.1, 0.15) is 29.2 Å². The van der Waals surface area contributed by atoms with Crippen LogP contribution >= 0.6 is 0 Å². The smallest absolute Gasteiger partial charge is 0.0912 e. The molecule has 2 rings (SSSR count). The molecule has 0 saturated carbocycles. The summed E-state index contributed by atoms with van der Waals surface area (Å²) in [7, 11) is 0. The second-order valence-electron chi connectivity index (χ2n) is 4.48. The molecule has 1 nitrogen and oxygen atoms in total. The van der Waals surface area contributed by atoms with Gasteiger partial charge < -0.3 is 0 Å². The Balaban J connectivity index is 2.39. The van der Waals surface area contributed by atoms with Crippen molar-refractivity contribution in [2.24, 2.45) is 0 Å². The first kappa shape index (κ1) is 13.8. The molecule has 0 aliphatic heterocycles. The van der Waals surface area contributed by atoms with E-state index < -0.39 is 0 Å². The normalized spacial score (nSPS) is 11.0. The first-order valence-corrected chi connectivity index (χ1v) is 6.76. The molecule has 0 spiro atoms. The number of allylic oxidation sites excluding steroid dienone is 1. The Morgan fingerprint density at radius 2 is 1.75 bits per heavy atom. The van der Waals surface area contributed by atoms with Gasteiger partial charge in [0.2, 0.25) is 0 Å². The highest BCUT2D eigenvalue weighted by Crippen LogP contribution is 2.20. The predicted octanol–water partition coefficient (Wildman–Crippen LogP) is 4.96. The monoisotopic (exact) mass is 259 g/mol. The Morgan fingerprint density at radius 1 is 0.950 bits per heavy atom. The van der Waals surface area contributed by atoms with Crippen LogP contribution in [0.2, 0.25) is 0 Å². The van der Waals surface area contributed by atoms with Crippen LogP contribution in [0.4, 0.5) is 0 Å². The van der Waals surface area contributed by atoms with Crippen LogP contribution in [0, 0.1) is 11.3 Å². The summed E-state index contributed by atoms with van der Waals surface area (Å²) in [6, 6.07) is 18.5. The summed E-state index contributed by atoms with van der Waals surface area (Å²) in [5, 5.41) is 8.74. The van der Waals surface area contributed by atoms with Crippen molar-refractivity contribution in [3.8, 4) is 6.07 Å². The predicted molar refractivity (Wildman–Crippen MR) is 85.8 cm³/mol. The van der Waals surface area contributed by atoms with Crippen molar-refractivity contribution in [3.63, 3.8) is 0 Å². The van der Waals surface area contributed by atoms with Gasteiger partial charge in [0, 0.05) is 6.08 Å². The summed E-state index contributed by atoms with van der Waals surface area (Å²) in [6.45, 7) is 2.13. The molecule has 0 N–H and O–H groups in total. The average molecular weight is 259 g/mol. The Bertz CT molecular complexity index is 658. The highest BCUT2D eigenvalue weighted by molar-refractivity contribution is 5.76. The molecule has 20 heavy (non-hydrogen) atoms. The van der Waals surface area contributed by atoms with Gasteiger partial charge in [-0.1, -0.05) is 67.6 Å². The molecule has 0 saturated heterocycles. The summed E-state index contributed by atoms with van der Waals surface area (Å²) in [6.07, 6.45) is 8.58. The van der Waals surface area contributed by atoms with Crippen molar-refractivity contribution in [1.82, 2.24) is 0 Å². The van der Waals surface area contributed by atoms with Gasteiger partial charge in [-0.2, -0.15) is 5.26 Å². The summed E-state index contributed by atoms with van der Waals surface area (Å²) in [5.41, 5.74) is 4.69. The summed E-state index contributed by atoms with van der Waals surface area (Å²) < 4.78 is 0. The van der Waals surface area contributed by atoms with Gasteiger partial charge in [0.15, 0.2) is 0 Å². The van der Waals surface area contributed by atoms with E-state index >= 15 is 0 Å².